The first-order valence-electron chi connectivity index (χ1n) is 6.88. The van der Waals surface area contributed by atoms with Crippen LogP contribution < -0.4 is 5.32 Å². The Hall–Kier alpha value is -1.75. The van der Waals surface area contributed by atoms with Crippen LogP contribution in [-0.4, -0.2) is 27.6 Å². The topological polar surface area (TPSA) is 42.7 Å². The van der Waals surface area contributed by atoms with Gasteiger partial charge in [-0.05, 0) is 17.7 Å². The molecule has 1 unspecified atom stereocenters. The van der Waals surface area contributed by atoms with Crippen molar-refractivity contribution in [1.82, 2.24) is 20.3 Å². The van der Waals surface area contributed by atoms with Gasteiger partial charge in [0.2, 0.25) is 0 Å². The molecule has 2 aromatic rings. The third-order valence-corrected chi connectivity index (χ3v) is 3.22. The maximum Gasteiger partial charge on any atom is 0.123 e. The highest BCUT2D eigenvalue weighted by atomic mass is 19.1. The van der Waals surface area contributed by atoms with Gasteiger partial charge in [-0.3, -0.25) is 4.68 Å². The highest BCUT2D eigenvalue weighted by molar-refractivity contribution is 5.22. The molecule has 0 saturated carbocycles. The van der Waals surface area contributed by atoms with Gasteiger partial charge in [-0.1, -0.05) is 31.2 Å². The van der Waals surface area contributed by atoms with E-state index in [1.54, 1.807) is 4.68 Å². The first-order chi connectivity index (χ1) is 9.54. The molecule has 2 rings (SSSR count). The fourth-order valence-corrected chi connectivity index (χ4v) is 2.16. The zero-order chi connectivity index (χ0) is 14.5. The summed E-state index contributed by atoms with van der Waals surface area (Å²) >= 11 is 0. The number of hydrogen-bond donors (Lipinski definition) is 1. The summed E-state index contributed by atoms with van der Waals surface area (Å²) < 4.78 is 14.8. The summed E-state index contributed by atoms with van der Waals surface area (Å²) in [6.45, 7) is 5.06. The Bertz CT molecular complexity index is 533. The number of nitrogens with zero attached hydrogens (tertiary/aromatic N) is 3. The first-order valence-corrected chi connectivity index (χ1v) is 6.88. The van der Waals surface area contributed by atoms with Gasteiger partial charge in [0.05, 0.1) is 5.69 Å². The number of hydrogen-bond acceptors (Lipinski definition) is 3. The van der Waals surface area contributed by atoms with Crippen molar-refractivity contribution in [1.29, 1.82) is 0 Å². The van der Waals surface area contributed by atoms with Crippen LogP contribution in [-0.2, 0) is 13.5 Å². The van der Waals surface area contributed by atoms with Crippen molar-refractivity contribution in [2.24, 2.45) is 7.05 Å². The zero-order valence-corrected chi connectivity index (χ0v) is 12.2. The molecule has 0 aliphatic rings. The second kappa shape index (κ2) is 6.61. The van der Waals surface area contributed by atoms with Crippen LogP contribution in [0.3, 0.4) is 0 Å². The average Bonchev–Trinajstić information content (AvgIpc) is 2.81. The van der Waals surface area contributed by atoms with E-state index >= 15 is 0 Å². The van der Waals surface area contributed by atoms with Gasteiger partial charge < -0.3 is 5.32 Å². The van der Waals surface area contributed by atoms with Crippen molar-refractivity contribution in [2.75, 3.05) is 6.54 Å². The fraction of sp³-hybridized carbons (Fsp3) is 0.467. The van der Waals surface area contributed by atoms with Gasteiger partial charge in [0.1, 0.15) is 5.82 Å². The van der Waals surface area contributed by atoms with E-state index in [1.165, 1.54) is 12.1 Å². The van der Waals surface area contributed by atoms with E-state index < -0.39 is 0 Å². The van der Waals surface area contributed by atoms with Crippen LogP contribution in [0.25, 0.3) is 0 Å². The lowest BCUT2D eigenvalue weighted by Gasteiger charge is -2.19. The van der Waals surface area contributed by atoms with Crippen LogP contribution in [0.15, 0.2) is 30.5 Å². The monoisotopic (exact) mass is 276 g/mol. The number of benzene rings is 1. The lowest BCUT2D eigenvalue weighted by atomic mass is 9.94. The van der Waals surface area contributed by atoms with Crippen LogP contribution in [0.2, 0.25) is 0 Å². The van der Waals surface area contributed by atoms with Crippen LogP contribution in [0.1, 0.15) is 31.0 Å². The first kappa shape index (κ1) is 14.7. The largest absolute Gasteiger partial charge is 0.314 e. The molecule has 5 heteroatoms. The van der Waals surface area contributed by atoms with E-state index in [-0.39, 0.29) is 11.7 Å². The Morgan fingerprint density at radius 3 is 2.50 bits per heavy atom. The molecule has 20 heavy (non-hydrogen) atoms. The molecule has 0 fully saturated rings. The Morgan fingerprint density at radius 1 is 1.25 bits per heavy atom. The molecule has 1 aromatic heterocycles. The summed E-state index contributed by atoms with van der Waals surface area (Å²) in [5.74, 6) is 0.0542. The highest BCUT2D eigenvalue weighted by Crippen LogP contribution is 2.20. The summed E-state index contributed by atoms with van der Waals surface area (Å²) in [7, 11) is 1.86. The lowest BCUT2D eigenvalue weighted by molar-refractivity contribution is 0.523. The van der Waals surface area contributed by atoms with Crippen molar-refractivity contribution < 1.29 is 4.39 Å². The van der Waals surface area contributed by atoms with E-state index in [9.17, 15) is 4.39 Å². The summed E-state index contributed by atoms with van der Waals surface area (Å²) in [6, 6.07) is 7.12. The molecule has 0 saturated heterocycles. The van der Waals surface area contributed by atoms with Gasteiger partial charge in [-0.25, -0.2) is 4.39 Å². The minimum atomic E-state index is -0.205. The molecule has 108 valence electrons. The fourth-order valence-electron chi connectivity index (χ4n) is 2.16. The Labute approximate surface area is 119 Å². The average molecular weight is 276 g/mol. The zero-order valence-electron chi connectivity index (χ0n) is 12.2. The quantitative estimate of drug-likeness (QED) is 0.880. The normalized spacial score (nSPS) is 12.8. The van der Waals surface area contributed by atoms with Crippen molar-refractivity contribution in [2.45, 2.75) is 32.2 Å². The Kier molecular flexibility index (Phi) is 4.84. The number of aryl methyl sites for hydroxylation is 1. The second-order valence-corrected chi connectivity index (χ2v) is 5.40. The van der Waals surface area contributed by atoms with Gasteiger partial charge >= 0.3 is 0 Å². The van der Waals surface area contributed by atoms with E-state index in [2.05, 4.69) is 29.5 Å². The predicted molar refractivity (Wildman–Crippen MR) is 77.0 cm³/mol. The second-order valence-electron chi connectivity index (χ2n) is 5.40. The van der Waals surface area contributed by atoms with Gasteiger partial charge in [0.25, 0.3) is 0 Å². The van der Waals surface area contributed by atoms with Gasteiger partial charge in [-0.15, -0.1) is 5.10 Å². The van der Waals surface area contributed by atoms with Gasteiger partial charge in [0, 0.05) is 38.2 Å². The van der Waals surface area contributed by atoms with Crippen LogP contribution in [0.4, 0.5) is 4.39 Å². The van der Waals surface area contributed by atoms with E-state index in [0.717, 1.165) is 24.2 Å². The molecule has 4 nitrogen and oxygen atoms in total. The smallest absolute Gasteiger partial charge is 0.123 e. The summed E-state index contributed by atoms with van der Waals surface area (Å²) in [5.41, 5.74) is 2.07. The van der Waals surface area contributed by atoms with E-state index in [1.807, 2.05) is 25.4 Å². The molecule has 1 atom stereocenters. The van der Waals surface area contributed by atoms with Crippen LogP contribution in [0.5, 0.6) is 0 Å². The molecule has 0 bridgehead atoms. The molecule has 0 amide bonds. The molecule has 0 spiro atoms. The summed E-state index contributed by atoms with van der Waals surface area (Å²) in [4.78, 5) is 0. The standard InChI is InChI=1S/C15H21FN4/c1-11(2)17-9-13(8-15-10-20(3)19-18-15)12-4-6-14(16)7-5-12/h4-7,10-11,13,17H,8-9H2,1-3H3. The number of rotatable bonds is 6. The summed E-state index contributed by atoms with van der Waals surface area (Å²) in [5, 5.41) is 11.5. The van der Waals surface area contributed by atoms with Gasteiger partial charge in [-0.2, -0.15) is 0 Å². The number of nitrogens with one attached hydrogen (secondary N) is 1. The maximum absolute atomic E-state index is 13.1. The minimum Gasteiger partial charge on any atom is -0.314 e. The molecular formula is C15H21FN4. The third kappa shape index (κ3) is 4.13. The van der Waals surface area contributed by atoms with E-state index in [4.69, 9.17) is 0 Å². The Balaban J connectivity index is 2.13. The highest BCUT2D eigenvalue weighted by Gasteiger charge is 2.15. The lowest BCUT2D eigenvalue weighted by Crippen LogP contribution is -2.29. The molecule has 0 aliphatic carbocycles. The van der Waals surface area contributed by atoms with Gasteiger partial charge in [0.15, 0.2) is 0 Å². The van der Waals surface area contributed by atoms with Crippen LogP contribution in [0, 0.1) is 5.82 Å². The summed E-state index contributed by atoms with van der Waals surface area (Å²) in [6.07, 6.45) is 2.71. The molecule has 1 N–H and O–H groups in total. The number of aromatic nitrogens is 3. The van der Waals surface area contributed by atoms with Crippen LogP contribution >= 0.6 is 0 Å². The van der Waals surface area contributed by atoms with Crippen molar-refractivity contribution >= 4 is 0 Å². The maximum atomic E-state index is 13.1. The van der Waals surface area contributed by atoms with Crippen molar-refractivity contribution in [3.8, 4) is 0 Å². The molecule has 1 aromatic carbocycles. The van der Waals surface area contributed by atoms with Crippen molar-refractivity contribution in [3.63, 3.8) is 0 Å². The SMILES string of the molecule is CC(C)NCC(Cc1cn(C)nn1)c1ccc(F)cc1. The Morgan fingerprint density at radius 2 is 1.95 bits per heavy atom. The minimum absolute atomic E-state index is 0.205. The molecular weight excluding hydrogens is 255 g/mol. The third-order valence-electron chi connectivity index (χ3n) is 3.22. The predicted octanol–water partition coefficient (Wildman–Crippen LogP) is 2.28. The van der Waals surface area contributed by atoms with Crippen molar-refractivity contribution in [3.05, 3.63) is 47.5 Å². The molecule has 1 heterocycles. The molecule has 0 radical (unpaired) electrons. The number of halogens is 1. The van der Waals surface area contributed by atoms with E-state index in [0.29, 0.717) is 6.04 Å². The molecule has 0 aliphatic heterocycles.